The molecule has 1 heterocycles. The van der Waals surface area contributed by atoms with Crippen molar-refractivity contribution >= 4 is 11.6 Å². The lowest BCUT2D eigenvalue weighted by Gasteiger charge is -2.11. The summed E-state index contributed by atoms with van der Waals surface area (Å²) in [6, 6.07) is 5.65. The zero-order valence-corrected chi connectivity index (χ0v) is 10.1. The van der Waals surface area contributed by atoms with Gasteiger partial charge in [0.05, 0.1) is 5.69 Å². The predicted octanol–water partition coefficient (Wildman–Crippen LogP) is 2.64. The lowest BCUT2D eigenvalue weighted by molar-refractivity contribution is 0.627. The van der Waals surface area contributed by atoms with Crippen LogP contribution in [0.4, 0.5) is 4.39 Å². The summed E-state index contributed by atoms with van der Waals surface area (Å²) in [7, 11) is 0. The number of rotatable bonds is 1. The van der Waals surface area contributed by atoms with E-state index >= 15 is 0 Å². The molecule has 2 rings (SSSR count). The molecule has 88 valence electrons. The van der Waals surface area contributed by atoms with Gasteiger partial charge in [-0.3, -0.25) is 9.36 Å². The maximum atomic E-state index is 12.8. The topological polar surface area (TPSA) is 34.9 Å². The number of hydrogen-bond acceptors (Lipinski definition) is 2. The largest absolute Gasteiger partial charge is 0.293 e. The van der Waals surface area contributed by atoms with Gasteiger partial charge in [0.1, 0.15) is 5.82 Å². The van der Waals surface area contributed by atoms with Crippen molar-refractivity contribution in [2.75, 3.05) is 0 Å². The minimum atomic E-state index is -0.402. The zero-order chi connectivity index (χ0) is 12.6. The van der Waals surface area contributed by atoms with E-state index in [9.17, 15) is 9.18 Å². The van der Waals surface area contributed by atoms with Gasteiger partial charge >= 0.3 is 0 Å². The first-order valence-corrected chi connectivity index (χ1v) is 5.40. The number of aromatic nitrogens is 2. The number of nitrogens with zero attached hydrogens (tertiary/aromatic N) is 2. The van der Waals surface area contributed by atoms with E-state index < -0.39 is 5.56 Å². The van der Waals surface area contributed by atoms with E-state index in [0.717, 1.165) is 0 Å². The van der Waals surface area contributed by atoms with Crippen molar-refractivity contribution in [1.29, 1.82) is 0 Å². The first-order valence-electron chi connectivity index (χ1n) is 5.02. The van der Waals surface area contributed by atoms with Crippen molar-refractivity contribution in [3.8, 4) is 5.69 Å². The van der Waals surface area contributed by atoms with Crippen LogP contribution in [0, 0.1) is 19.7 Å². The van der Waals surface area contributed by atoms with Gasteiger partial charge in [0.2, 0.25) is 0 Å². The molecule has 17 heavy (non-hydrogen) atoms. The summed E-state index contributed by atoms with van der Waals surface area (Å²) in [5.41, 5.74) is 1.52. The Hall–Kier alpha value is -1.68. The monoisotopic (exact) mass is 252 g/mol. The van der Waals surface area contributed by atoms with E-state index in [-0.39, 0.29) is 11.0 Å². The van der Waals surface area contributed by atoms with Gasteiger partial charge in [-0.05, 0) is 38.1 Å². The average molecular weight is 253 g/mol. The van der Waals surface area contributed by atoms with Gasteiger partial charge in [-0.1, -0.05) is 11.6 Å². The lowest BCUT2D eigenvalue weighted by Crippen LogP contribution is -2.23. The molecule has 0 saturated heterocycles. The third kappa shape index (κ3) is 2.08. The maximum Gasteiger partial charge on any atom is 0.293 e. The predicted molar refractivity (Wildman–Crippen MR) is 64.3 cm³/mol. The van der Waals surface area contributed by atoms with Gasteiger partial charge in [-0.2, -0.15) is 0 Å². The molecule has 0 fully saturated rings. The van der Waals surface area contributed by atoms with Crippen molar-refractivity contribution in [2.24, 2.45) is 0 Å². The highest BCUT2D eigenvalue weighted by atomic mass is 35.5. The van der Waals surface area contributed by atoms with Crippen molar-refractivity contribution in [1.82, 2.24) is 9.55 Å². The van der Waals surface area contributed by atoms with Crippen LogP contribution in [-0.2, 0) is 0 Å². The summed E-state index contributed by atoms with van der Waals surface area (Å²) in [6.45, 7) is 3.53. The quantitative estimate of drug-likeness (QED) is 0.782. The molecule has 1 aromatic heterocycles. The van der Waals surface area contributed by atoms with Crippen LogP contribution >= 0.6 is 11.6 Å². The van der Waals surface area contributed by atoms with Crippen LogP contribution in [-0.4, -0.2) is 9.55 Å². The van der Waals surface area contributed by atoms with Crippen LogP contribution in [0.5, 0.6) is 0 Å². The first kappa shape index (κ1) is 11.8. The zero-order valence-electron chi connectivity index (χ0n) is 9.37. The molecule has 0 saturated carbocycles. The van der Waals surface area contributed by atoms with E-state index in [0.29, 0.717) is 17.1 Å². The Morgan fingerprint density at radius 3 is 2.41 bits per heavy atom. The maximum absolute atomic E-state index is 12.8. The first-order chi connectivity index (χ1) is 8.00. The van der Waals surface area contributed by atoms with Crippen LogP contribution in [0.25, 0.3) is 5.69 Å². The molecular weight excluding hydrogens is 243 g/mol. The second-order valence-electron chi connectivity index (χ2n) is 3.69. The third-order valence-corrected chi connectivity index (χ3v) is 2.84. The molecule has 0 aliphatic rings. The Balaban J connectivity index is 2.75. The van der Waals surface area contributed by atoms with Crippen LogP contribution < -0.4 is 5.56 Å². The minimum Gasteiger partial charge on any atom is -0.277 e. The van der Waals surface area contributed by atoms with Crippen molar-refractivity contribution < 1.29 is 4.39 Å². The fourth-order valence-electron chi connectivity index (χ4n) is 1.58. The van der Waals surface area contributed by atoms with Crippen LogP contribution in [0.3, 0.4) is 0 Å². The van der Waals surface area contributed by atoms with Gasteiger partial charge in [-0.15, -0.1) is 0 Å². The summed E-state index contributed by atoms with van der Waals surface area (Å²) >= 11 is 5.75. The standard InChI is InChI=1S/C12H10ClFN2O/c1-7-8(2)16(12(17)11(13)15-7)10-5-3-9(14)4-6-10/h3-6H,1-2H3. The highest BCUT2D eigenvalue weighted by Gasteiger charge is 2.11. The summed E-state index contributed by atoms with van der Waals surface area (Å²) in [5, 5.41) is -0.0857. The number of halogens is 2. The Morgan fingerprint density at radius 2 is 1.82 bits per heavy atom. The van der Waals surface area contributed by atoms with Crippen LogP contribution in [0.2, 0.25) is 5.15 Å². The van der Waals surface area contributed by atoms with E-state index in [4.69, 9.17) is 11.6 Å². The molecule has 0 bridgehead atoms. The molecule has 0 atom stereocenters. The highest BCUT2D eigenvalue weighted by Crippen LogP contribution is 2.13. The smallest absolute Gasteiger partial charge is 0.277 e. The summed E-state index contributed by atoms with van der Waals surface area (Å²) in [4.78, 5) is 15.8. The lowest BCUT2D eigenvalue weighted by atomic mass is 10.2. The fraction of sp³-hybridized carbons (Fsp3) is 0.167. The Bertz CT molecular complexity index is 620. The van der Waals surface area contributed by atoms with E-state index in [1.165, 1.54) is 28.8 Å². The van der Waals surface area contributed by atoms with Gasteiger partial charge in [-0.25, -0.2) is 9.37 Å². The van der Waals surface area contributed by atoms with E-state index in [2.05, 4.69) is 4.98 Å². The molecule has 2 aromatic rings. The van der Waals surface area contributed by atoms with E-state index in [1.807, 2.05) is 0 Å². The third-order valence-electron chi connectivity index (χ3n) is 2.59. The summed E-state index contributed by atoms with van der Waals surface area (Å²) in [6.07, 6.45) is 0. The summed E-state index contributed by atoms with van der Waals surface area (Å²) in [5.74, 6) is -0.351. The van der Waals surface area contributed by atoms with Gasteiger partial charge < -0.3 is 0 Å². The van der Waals surface area contributed by atoms with Crippen LogP contribution in [0.15, 0.2) is 29.1 Å². The molecule has 3 nitrogen and oxygen atoms in total. The molecule has 0 radical (unpaired) electrons. The molecule has 0 N–H and O–H groups in total. The van der Waals surface area contributed by atoms with Gasteiger partial charge in [0.15, 0.2) is 5.15 Å². The molecule has 1 aromatic carbocycles. The minimum absolute atomic E-state index is 0.0857. The normalized spacial score (nSPS) is 10.6. The number of hydrogen-bond donors (Lipinski definition) is 0. The van der Waals surface area contributed by atoms with Crippen molar-refractivity contribution in [3.05, 3.63) is 57.0 Å². The van der Waals surface area contributed by atoms with E-state index in [1.54, 1.807) is 13.8 Å². The molecule has 0 spiro atoms. The SMILES string of the molecule is Cc1nc(Cl)c(=O)n(-c2ccc(F)cc2)c1C. The van der Waals surface area contributed by atoms with Crippen molar-refractivity contribution in [3.63, 3.8) is 0 Å². The molecule has 0 unspecified atom stereocenters. The highest BCUT2D eigenvalue weighted by molar-refractivity contribution is 6.29. The number of aryl methyl sites for hydroxylation is 1. The van der Waals surface area contributed by atoms with Crippen molar-refractivity contribution in [2.45, 2.75) is 13.8 Å². The molecular formula is C12H10ClFN2O. The van der Waals surface area contributed by atoms with Crippen LogP contribution in [0.1, 0.15) is 11.4 Å². The summed E-state index contributed by atoms with van der Waals surface area (Å²) < 4.78 is 14.3. The fourth-order valence-corrected chi connectivity index (χ4v) is 1.79. The molecule has 0 amide bonds. The second-order valence-corrected chi connectivity index (χ2v) is 4.05. The second kappa shape index (κ2) is 4.30. The average Bonchev–Trinajstić information content (AvgIpc) is 2.29. The Kier molecular flexibility index (Phi) is 2.98. The molecule has 0 aliphatic carbocycles. The number of benzene rings is 1. The van der Waals surface area contributed by atoms with Gasteiger partial charge in [0, 0.05) is 11.4 Å². The Labute approximate surface area is 102 Å². The molecule has 5 heteroatoms. The Morgan fingerprint density at radius 1 is 1.24 bits per heavy atom. The molecule has 0 aliphatic heterocycles. The van der Waals surface area contributed by atoms with Gasteiger partial charge in [0.25, 0.3) is 5.56 Å².